The van der Waals surface area contributed by atoms with E-state index in [0.717, 1.165) is 17.2 Å². The van der Waals surface area contributed by atoms with Crippen LogP contribution in [-0.4, -0.2) is 19.4 Å². The topological polar surface area (TPSA) is 29.5 Å². The second-order valence-corrected chi connectivity index (χ2v) is 15.3. The zero-order valence-electron chi connectivity index (χ0n) is 19.2. The number of benzene rings is 2. The molecule has 0 fully saturated rings. The van der Waals surface area contributed by atoms with Crippen LogP contribution in [0.25, 0.3) is 0 Å². The fraction of sp³-hybridized carbons (Fsp3) is 0.500. The van der Waals surface area contributed by atoms with Gasteiger partial charge in [0.2, 0.25) is 0 Å². The average Bonchev–Trinajstić information content (AvgIpc) is 2.58. The van der Waals surface area contributed by atoms with Crippen molar-refractivity contribution in [1.29, 1.82) is 0 Å². The van der Waals surface area contributed by atoms with Crippen molar-refractivity contribution in [3.8, 4) is 11.5 Å². The maximum atomic E-state index is 13.1. The zero-order valence-corrected chi connectivity index (χ0v) is 20.2. The minimum absolute atomic E-state index is 0.275. The molecule has 0 saturated carbocycles. The van der Waals surface area contributed by atoms with E-state index in [0.29, 0.717) is 17.2 Å². The molecule has 2 rings (SSSR count). The highest BCUT2D eigenvalue weighted by atomic mass is 28.3. The van der Waals surface area contributed by atoms with Crippen LogP contribution >= 0.6 is 0 Å². The fourth-order valence-electron chi connectivity index (χ4n) is 3.30. The summed E-state index contributed by atoms with van der Waals surface area (Å²) in [7, 11) is -2.30. The number of ether oxygens (including phenoxy) is 1. The molecule has 0 bridgehead atoms. The van der Waals surface area contributed by atoms with Crippen molar-refractivity contribution < 1.29 is 23.0 Å². The summed E-state index contributed by atoms with van der Waals surface area (Å²) in [5.41, 5.74) is 0.400. The van der Waals surface area contributed by atoms with Gasteiger partial charge in [0.05, 0.1) is 11.8 Å². The normalized spacial score (nSPS) is 13.4. The molecule has 0 aliphatic heterocycles. The van der Waals surface area contributed by atoms with Gasteiger partial charge in [0, 0.05) is 11.1 Å². The van der Waals surface area contributed by atoms with Crippen molar-refractivity contribution in [2.45, 2.75) is 71.6 Å². The quantitative estimate of drug-likeness (QED) is 0.549. The van der Waals surface area contributed by atoms with Gasteiger partial charge in [0.25, 0.3) is 0 Å². The number of phenols is 1. The van der Waals surface area contributed by atoms with Crippen LogP contribution in [0.5, 0.6) is 11.5 Å². The molecule has 2 aromatic carbocycles. The van der Waals surface area contributed by atoms with Crippen molar-refractivity contribution in [2.24, 2.45) is 0 Å². The molecule has 0 amide bonds. The summed E-state index contributed by atoms with van der Waals surface area (Å²) < 4.78 is 45.5. The molecule has 0 spiro atoms. The van der Waals surface area contributed by atoms with Gasteiger partial charge in [-0.15, -0.1) is 0 Å². The van der Waals surface area contributed by atoms with Crippen LogP contribution in [0.15, 0.2) is 36.4 Å². The molecule has 0 unspecified atom stereocenters. The smallest absolute Gasteiger partial charge is 0.416 e. The molecule has 0 aliphatic carbocycles. The number of hydrogen-bond acceptors (Lipinski definition) is 2. The highest BCUT2D eigenvalue weighted by Crippen LogP contribution is 2.41. The molecule has 0 aliphatic rings. The third-order valence-corrected chi connectivity index (χ3v) is 8.01. The lowest BCUT2D eigenvalue weighted by Crippen LogP contribution is -2.47. The molecular formula is C24H33F3O2Si. The first-order chi connectivity index (χ1) is 13.4. The lowest BCUT2D eigenvalue weighted by Gasteiger charge is -2.29. The SMILES string of the molecule is CC(C)(C)c1cc(OC[Si](C)(C)c2cccc(C(F)(F)F)c2)cc(C(C)(C)C)c1O. The van der Waals surface area contributed by atoms with Crippen molar-refractivity contribution in [1.82, 2.24) is 0 Å². The highest BCUT2D eigenvalue weighted by molar-refractivity contribution is 6.89. The first-order valence-corrected chi connectivity index (χ1v) is 13.3. The maximum Gasteiger partial charge on any atom is 0.416 e. The Morgan fingerprint density at radius 3 is 1.80 bits per heavy atom. The standard InChI is InChI=1S/C24H33F3O2Si/c1-22(2,3)19-13-17(14-20(21(19)28)23(4,5)6)29-15-30(7,8)18-11-9-10-16(12-18)24(25,26)27/h9-14,28H,15H2,1-8H3. The summed E-state index contributed by atoms with van der Waals surface area (Å²) in [6.45, 7) is 16.2. The fourth-order valence-corrected chi connectivity index (χ4v) is 5.09. The zero-order chi connectivity index (χ0) is 23.1. The number of halogens is 3. The summed E-state index contributed by atoms with van der Waals surface area (Å²) in [6, 6.07) is 9.25. The molecule has 2 nitrogen and oxygen atoms in total. The van der Waals surface area contributed by atoms with Gasteiger partial charge in [0.1, 0.15) is 19.6 Å². The predicted molar refractivity (Wildman–Crippen MR) is 120 cm³/mol. The van der Waals surface area contributed by atoms with Gasteiger partial charge in [-0.25, -0.2) is 0 Å². The van der Waals surface area contributed by atoms with E-state index in [1.807, 2.05) is 66.8 Å². The van der Waals surface area contributed by atoms with E-state index >= 15 is 0 Å². The Balaban J connectivity index is 2.39. The van der Waals surface area contributed by atoms with Gasteiger partial charge in [0.15, 0.2) is 0 Å². The molecule has 0 atom stereocenters. The van der Waals surface area contributed by atoms with Crippen molar-refractivity contribution in [2.75, 3.05) is 6.23 Å². The van der Waals surface area contributed by atoms with Gasteiger partial charge >= 0.3 is 6.18 Å². The monoisotopic (exact) mass is 438 g/mol. The molecule has 2 aromatic rings. The second-order valence-electron chi connectivity index (χ2n) is 10.6. The Kier molecular flexibility index (Phi) is 6.44. The van der Waals surface area contributed by atoms with Crippen LogP contribution in [0.2, 0.25) is 13.1 Å². The minimum atomic E-state index is -4.36. The van der Waals surface area contributed by atoms with E-state index in [4.69, 9.17) is 4.74 Å². The maximum absolute atomic E-state index is 13.1. The summed E-state index contributed by atoms with van der Waals surface area (Å²) in [4.78, 5) is 0. The second kappa shape index (κ2) is 7.95. The lowest BCUT2D eigenvalue weighted by molar-refractivity contribution is -0.137. The van der Waals surface area contributed by atoms with E-state index < -0.39 is 19.8 Å². The molecule has 1 N–H and O–H groups in total. The van der Waals surface area contributed by atoms with E-state index in [1.54, 1.807) is 6.07 Å². The molecular weight excluding hydrogens is 405 g/mol. The van der Waals surface area contributed by atoms with Crippen LogP contribution in [-0.2, 0) is 17.0 Å². The van der Waals surface area contributed by atoms with Gasteiger partial charge in [-0.05, 0) is 23.0 Å². The van der Waals surface area contributed by atoms with Crippen LogP contribution in [0.4, 0.5) is 13.2 Å². The van der Waals surface area contributed by atoms with Crippen LogP contribution in [0.1, 0.15) is 58.2 Å². The van der Waals surface area contributed by atoms with Gasteiger partial charge in [-0.3, -0.25) is 0 Å². The van der Waals surface area contributed by atoms with Crippen molar-refractivity contribution in [3.63, 3.8) is 0 Å². The van der Waals surface area contributed by atoms with Crippen molar-refractivity contribution in [3.05, 3.63) is 53.1 Å². The summed E-state index contributed by atoms with van der Waals surface area (Å²) in [5.74, 6) is 0.909. The molecule has 30 heavy (non-hydrogen) atoms. The summed E-state index contributed by atoms with van der Waals surface area (Å²) in [6.07, 6.45) is -4.02. The Labute approximate surface area is 179 Å². The summed E-state index contributed by atoms with van der Waals surface area (Å²) in [5, 5.41) is 11.5. The molecule has 166 valence electrons. The van der Waals surface area contributed by atoms with Gasteiger partial charge in [-0.2, -0.15) is 13.2 Å². The van der Waals surface area contributed by atoms with Gasteiger partial charge < -0.3 is 9.84 Å². The van der Waals surface area contributed by atoms with Gasteiger partial charge in [-0.1, -0.05) is 84.1 Å². The highest BCUT2D eigenvalue weighted by Gasteiger charge is 2.33. The van der Waals surface area contributed by atoms with Crippen LogP contribution in [0.3, 0.4) is 0 Å². The van der Waals surface area contributed by atoms with E-state index in [1.165, 1.54) is 12.1 Å². The predicted octanol–water partition coefficient (Wildman–Crippen LogP) is 6.54. The number of aromatic hydroxyl groups is 1. The molecule has 0 radical (unpaired) electrons. The Morgan fingerprint density at radius 1 is 0.867 bits per heavy atom. The molecule has 0 heterocycles. The van der Waals surface area contributed by atoms with E-state index in [-0.39, 0.29) is 16.6 Å². The molecule has 0 aromatic heterocycles. The minimum Gasteiger partial charge on any atom is -0.507 e. The number of hydrogen-bond donors (Lipinski definition) is 1. The Hall–Kier alpha value is -1.95. The molecule has 0 saturated heterocycles. The number of phenolic OH excluding ortho intramolecular Hbond substituents is 1. The average molecular weight is 439 g/mol. The number of rotatable bonds is 4. The number of alkyl halides is 3. The Morgan fingerprint density at radius 2 is 1.37 bits per heavy atom. The van der Waals surface area contributed by atoms with Crippen LogP contribution in [0, 0.1) is 0 Å². The lowest BCUT2D eigenvalue weighted by atomic mass is 9.79. The summed E-state index contributed by atoms with van der Waals surface area (Å²) >= 11 is 0. The first-order valence-electron chi connectivity index (χ1n) is 10.1. The van der Waals surface area contributed by atoms with Crippen LogP contribution < -0.4 is 9.92 Å². The first kappa shape index (κ1) is 24.3. The largest absolute Gasteiger partial charge is 0.507 e. The van der Waals surface area contributed by atoms with E-state index in [9.17, 15) is 18.3 Å². The Bertz CT molecular complexity index is 869. The molecule has 6 heteroatoms. The third kappa shape index (κ3) is 5.59. The third-order valence-electron chi connectivity index (χ3n) is 5.27. The van der Waals surface area contributed by atoms with E-state index in [2.05, 4.69) is 0 Å². The van der Waals surface area contributed by atoms with Crippen molar-refractivity contribution >= 4 is 13.3 Å².